The molecule has 0 aromatic carbocycles. The third-order valence-corrected chi connectivity index (χ3v) is 5.95. The van der Waals surface area contributed by atoms with Crippen molar-refractivity contribution in [2.24, 2.45) is 0 Å². The Kier molecular flexibility index (Phi) is 10.5. The Morgan fingerprint density at radius 1 is 0.833 bits per heavy atom. The quantitative estimate of drug-likeness (QED) is 0.595. The van der Waals surface area contributed by atoms with Crippen molar-refractivity contribution in [2.75, 3.05) is 35.5 Å². The minimum atomic E-state index is 1.05. The van der Waals surface area contributed by atoms with Crippen LogP contribution in [0.5, 0.6) is 0 Å². The molecular weight excluding hydrogens is 298 g/mol. The van der Waals surface area contributed by atoms with E-state index in [9.17, 15) is 0 Å². The van der Waals surface area contributed by atoms with E-state index in [1.807, 2.05) is 47.0 Å². The maximum absolute atomic E-state index is 4.71. The highest BCUT2D eigenvalue weighted by Crippen LogP contribution is 2.15. The third kappa shape index (κ3) is 7.87. The highest BCUT2D eigenvalue weighted by atomic mass is 32.2. The normalized spacial score (nSPS) is 10.8. The summed E-state index contributed by atoms with van der Waals surface area (Å²) < 4.78 is 0. The summed E-state index contributed by atoms with van der Waals surface area (Å²) in [4.78, 5) is 4.71. The van der Waals surface area contributed by atoms with Crippen LogP contribution >= 0.6 is 47.0 Å². The van der Waals surface area contributed by atoms with Gasteiger partial charge in [0.15, 0.2) is 0 Å². The molecule has 0 aliphatic carbocycles. The Bertz CT molecular complexity index is 292. The molecule has 5 heteroatoms. The van der Waals surface area contributed by atoms with Crippen LogP contribution in [0, 0.1) is 0 Å². The first-order chi connectivity index (χ1) is 8.86. The summed E-state index contributed by atoms with van der Waals surface area (Å²) in [5, 5.41) is 0. The van der Waals surface area contributed by atoms with Gasteiger partial charge in [-0.05, 0) is 24.6 Å². The van der Waals surface area contributed by atoms with Gasteiger partial charge < -0.3 is 0 Å². The van der Waals surface area contributed by atoms with Crippen molar-refractivity contribution in [1.82, 2.24) is 4.98 Å². The van der Waals surface area contributed by atoms with Crippen LogP contribution in [0.15, 0.2) is 18.2 Å². The van der Waals surface area contributed by atoms with E-state index in [-0.39, 0.29) is 0 Å². The van der Waals surface area contributed by atoms with Gasteiger partial charge in [0.05, 0.1) is 11.4 Å². The smallest absolute Gasteiger partial charge is 0.0506 e. The summed E-state index contributed by atoms with van der Waals surface area (Å²) in [6.45, 7) is 0. The van der Waals surface area contributed by atoms with Crippen molar-refractivity contribution in [3.8, 4) is 0 Å². The van der Waals surface area contributed by atoms with E-state index in [1.54, 1.807) is 0 Å². The number of aromatic nitrogens is 1. The maximum Gasteiger partial charge on any atom is 0.0506 e. The highest BCUT2D eigenvalue weighted by molar-refractivity contribution is 8.02. The van der Waals surface area contributed by atoms with E-state index < -0.39 is 0 Å². The molecule has 0 unspecified atom stereocenters. The second-order valence-corrected chi connectivity index (χ2v) is 7.89. The van der Waals surface area contributed by atoms with Gasteiger partial charge in [-0.25, -0.2) is 0 Å². The van der Waals surface area contributed by atoms with Crippen LogP contribution in [0.3, 0.4) is 0 Å². The van der Waals surface area contributed by atoms with Gasteiger partial charge in [-0.15, -0.1) is 0 Å². The molecule has 0 spiro atoms. The highest BCUT2D eigenvalue weighted by Gasteiger charge is 1.99. The Morgan fingerprint density at radius 2 is 1.33 bits per heavy atom. The molecule has 102 valence electrons. The molecule has 0 fully saturated rings. The number of hydrogen-bond donors (Lipinski definition) is 0. The fraction of sp³-hybridized carbons (Fsp3) is 0.615. The molecule has 18 heavy (non-hydrogen) atoms. The maximum atomic E-state index is 4.71. The van der Waals surface area contributed by atoms with Gasteiger partial charge in [0.1, 0.15) is 0 Å². The summed E-state index contributed by atoms with van der Waals surface area (Å²) in [7, 11) is 0. The number of pyridine rings is 1. The number of rotatable bonds is 10. The van der Waals surface area contributed by atoms with Crippen LogP contribution in [-0.4, -0.2) is 40.5 Å². The van der Waals surface area contributed by atoms with E-state index in [0.717, 1.165) is 11.5 Å². The second-order valence-electron chi connectivity index (χ2n) is 3.71. The molecule has 1 nitrogen and oxygen atoms in total. The van der Waals surface area contributed by atoms with Gasteiger partial charge in [-0.1, -0.05) is 6.07 Å². The summed E-state index contributed by atoms with van der Waals surface area (Å²) in [5.41, 5.74) is 2.45. The molecular formula is C13H21NS4. The molecule has 0 atom stereocenters. The van der Waals surface area contributed by atoms with Gasteiger partial charge in [-0.3, -0.25) is 4.98 Å². The van der Waals surface area contributed by atoms with E-state index >= 15 is 0 Å². The van der Waals surface area contributed by atoms with Crippen LogP contribution in [0.2, 0.25) is 0 Å². The molecule has 0 bridgehead atoms. The van der Waals surface area contributed by atoms with Crippen LogP contribution in [0.1, 0.15) is 11.4 Å². The SMILES string of the molecule is CSCCSCc1cccc(CSCCSC)n1. The molecule has 0 radical (unpaired) electrons. The van der Waals surface area contributed by atoms with Gasteiger partial charge in [0.2, 0.25) is 0 Å². The first-order valence-electron chi connectivity index (χ1n) is 5.95. The third-order valence-electron chi connectivity index (χ3n) is 2.23. The van der Waals surface area contributed by atoms with Crippen LogP contribution in [-0.2, 0) is 11.5 Å². The van der Waals surface area contributed by atoms with E-state index in [4.69, 9.17) is 4.98 Å². The van der Waals surface area contributed by atoms with Crippen molar-refractivity contribution in [2.45, 2.75) is 11.5 Å². The Morgan fingerprint density at radius 3 is 1.78 bits per heavy atom. The fourth-order valence-corrected chi connectivity index (χ4v) is 4.63. The van der Waals surface area contributed by atoms with Gasteiger partial charge in [0, 0.05) is 34.5 Å². The molecule has 0 saturated carbocycles. The molecule has 0 saturated heterocycles. The summed E-state index contributed by atoms with van der Waals surface area (Å²) in [5.74, 6) is 6.99. The number of hydrogen-bond acceptors (Lipinski definition) is 5. The number of nitrogens with zero attached hydrogens (tertiary/aromatic N) is 1. The van der Waals surface area contributed by atoms with Crippen molar-refractivity contribution < 1.29 is 0 Å². The van der Waals surface area contributed by atoms with Crippen molar-refractivity contribution >= 4 is 47.0 Å². The first kappa shape index (κ1) is 16.6. The lowest BCUT2D eigenvalue weighted by atomic mass is 10.3. The lowest BCUT2D eigenvalue weighted by Gasteiger charge is -2.04. The average Bonchev–Trinajstić information content (AvgIpc) is 2.40. The summed E-state index contributed by atoms with van der Waals surface area (Å²) >= 11 is 7.77. The molecule has 0 N–H and O–H groups in total. The monoisotopic (exact) mass is 319 g/mol. The van der Waals surface area contributed by atoms with Gasteiger partial charge in [-0.2, -0.15) is 47.0 Å². The lowest BCUT2D eigenvalue weighted by Crippen LogP contribution is -1.94. The standard InChI is InChI=1S/C13H21NS4/c1-15-6-8-17-10-12-4-3-5-13(14-12)11-18-9-7-16-2/h3-5H,6-11H2,1-2H3. The Balaban J connectivity index is 2.27. The minimum Gasteiger partial charge on any atom is -0.256 e. The fourth-order valence-electron chi connectivity index (χ4n) is 1.33. The van der Waals surface area contributed by atoms with Gasteiger partial charge >= 0.3 is 0 Å². The van der Waals surface area contributed by atoms with Crippen LogP contribution in [0.25, 0.3) is 0 Å². The lowest BCUT2D eigenvalue weighted by molar-refractivity contribution is 1.09. The van der Waals surface area contributed by atoms with Crippen LogP contribution in [0.4, 0.5) is 0 Å². The zero-order valence-corrected chi connectivity index (χ0v) is 14.3. The molecule has 0 amide bonds. The second kappa shape index (κ2) is 11.4. The number of thioether (sulfide) groups is 4. The van der Waals surface area contributed by atoms with E-state index in [0.29, 0.717) is 0 Å². The van der Waals surface area contributed by atoms with E-state index in [2.05, 4.69) is 30.7 Å². The largest absolute Gasteiger partial charge is 0.256 e. The van der Waals surface area contributed by atoms with Crippen LogP contribution < -0.4 is 0 Å². The van der Waals surface area contributed by atoms with Crippen molar-refractivity contribution in [1.29, 1.82) is 0 Å². The molecule has 0 aliphatic heterocycles. The average molecular weight is 320 g/mol. The van der Waals surface area contributed by atoms with Crippen molar-refractivity contribution in [3.05, 3.63) is 29.6 Å². The Labute approximate surface area is 128 Å². The first-order valence-corrected chi connectivity index (χ1v) is 11.0. The van der Waals surface area contributed by atoms with Gasteiger partial charge in [0.25, 0.3) is 0 Å². The molecule has 1 heterocycles. The molecule has 0 aliphatic rings. The molecule has 1 aromatic rings. The summed E-state index contributed by atoms with van der Waals surface area (Å²) in [6, 6.07) is 6.42. The predicted molar refractivity (Wildman–Crippen MR) is 93.3 cm³/mol. The Hall–Kier alpha value is 0.550. The van der Waals surface area contributed by atoms with E-state index in [1.165, 1.54) is 34.4 Å². The molecule has 1 rings (SSSR count). The summed E-state index contributed by atoms with van der Waals surface area (Å²) in [6.07, 6.45) is 4.32. The zero-order valence-electron chi connectivity index (χ0n) is 11.1. The minimum absolute atomic E-state index is 1.05. The predicted octanol–water partition coefficient (Wildman–Crippen LogP) is 4.27. The van der Waals surface area contributed by atoms with Crippen molar-refractivity contribution in [3.63, 3.8) is 0 Å². The topological polar surface area (TPSA) is 12.9 Å². The zero-order chi connectivity index (χ0) is 13.1. The molecule has 1 aromatic heterocycles.